The molecular formula is C54H35NS. The van der Waals surface area contributed by atoms with E-state index >= 15 is 0 Å². The Morgan fingerprint density at radius 1 is 0.304 bits per heavy atom. The lowest BCUT2D eigenvalue weighted by molar-refractivity contribution is 1.29. The lowest BCUT2D eigenvalue weighted by atomic mass is 9.91. The molecule has 0 N–H and O–H groups in total. The van der Waals surface area contributed by atoms with Gasteiger partial charge < -0.3 is 4.90 Å². The minimum Gasteiger partial charge on any atom is -0.310 e. The molecule has 0 atom stereocenters. The van der Waals surface area contributed by atoms with E-state index in [1.807, 2.05) is 11.3 Å². The van der Waals surface area contributed by atoms with Gasteiger partial charge in [-0.3, -0.25) is 0 Å². The van der Waals surface area contributed by atoms with Gasteiger partial charge >= 0.3 is 0 Å². The Balaban J connectivity index is 1.22. The summed E-state index contributed by atoms with van der Waals surface area (Å²) in [5.41, 5.74) is 10.5. The number of fused-ring (bicyclic) bond motifs is 8. The summed E-state index contributed by atoms with van der Waals surface area (Å²) in [4.78, 5) is 2.49. The Kier molecular flexibility index (Phi) is 7.75. The van der Waals surface area contributed by atoms with Crippen LogP contribution in [0.2, 0.25) is 0 Å². The SMILES string of the molecule is c1ccc(-c2cc(-c3ccccc3)cc(N(c3ccc4sc5c6ccccc6ccc5c4c3)c3ccccc3-c3cc4ccccc4c4ccccc34)c2)cc1. The fourth-order valence-corrected chi connectivity index (χ4v) is 9.79. The van der Waals surface area contributed by atoms with Crippen LogP contribution in [0.1, 0.15) is 0 Å². The van der Waals surface area contributed by atoms with Crippen LogP contribution in [-0.2, 0) is 0 Å². The maximum absolute atomic E-state index is 2.49. The van der Waals surface area contributed by atoms with Crippen LogP contribution in [0.4, 0.5) is 17.1 Å². The van der Waals surface area contributed by atoms with Gasteiger partial charge in [0.2, 0.25) is 0 Å². The first-order valence-corrected chi connectivity index (χ1v) is 20.0. The van der Waals surface area contributed by atoms with E-state index in [9.17, 15) is 0 Å². The quantitative estimate of drug-likeness (QED) is 0.154. The van der Waals surface area contributed by atoms with Gasteiger partial charge in [0.05, 0.1) is 5.69 Å². The Morgan fingerprint density at radius 3 is 1.66 bits per heavy atom. The van der Waals surface area contributed by atoms with Gasteiger partial charge in [0.25, 0.3) is 0 Å². The number of rotatable bonds is 6. The average molecular weight is 730 g/mol. The zero-order chi connectivity index (χ0) is 37.0. The Morgan fingerprint density at radius 2 is 0.911 bits per heavy atom. The van der Waals surface area contributed by atoms with Crippen molar-refractivity contribution in [1.29, 1.82) is 0 Å². The first kappa shape index (κ1) is 32.4. The summed E-state index contributed by atoms with van der Waals surface area (Å²) < 4.78 is 2.62. The van der Waals surface area contributed by atoms with E-state index in [0.717, 1.165) is 17.1 Å². The first-order chi connectivity index (χ1) is 27.8. The van der Waals surface area contributed by atoms with Gasteiger partial charge in [0.1, 0.15) is 0 Å². The minimum absolute atomic E-state index is 1.10. The van der Waals surface area contributed by atoms with E-state index in [0.29, 0.717) is 0 Å². The van der Waals surface area contributed by atoms with Gasteiger partial charge in [-0.2, -0.15) is 0 Å². The van der Waals surface area contributed by atoms with E-state index in [-0.39, 0.29) is 0 Å². The largest absolute Gasteiger partial charge is 0.310 e. The summed E-state index contributed by atoms with van der Waals surface area (Å²) in [5, 5.41) is 10.2. The number of hydrogen-bond donors (Lipinski definition) is 0. The van der Waals surface area contributed by atoms with Crippen molar-refractivity contribution in [2.75, 3.05) is 4.90 Å². The normalized spacial score (nSPS) is 11.6. The maximum Gasteiger partial charge on any atom is 0.0540 e. The van der Waals surface area contributed by atoms with Crippen molar-refractivity contribution in [1.82, 2.24) is 0 Å². The molecule has 0 fully saturated rings. The summed E-state index contributed by atoms with van der Waals surface area (Å²) in [5.74, 6) is 0. The second-order valence-electron chi connectivity index (χ2n) is 14.5. The molecule has 1 aromatic heterocycles. The smallest absolute Gasteiger partial charge is 0.0540 e. The predicted octanol–water partition coefficient (Wildman–Crippen LogP) is 16.0. The van der Waals surface area contributed by atoms with E-state index in [2.05, 4.69) is 217 Å². The zero-order valence-corrected chi connectivity index (χ0v) is 31.4. The van der Waals surface area contributed by atoms with Gasteiger partial charge in [-0.25, -0.2) is 0 Å². The van der Waals surface area contributed by atoms with Crippen LogP contribution in [-0.4, -0.2) is 0 Å². The lowest BCUT2D eigenvalue weighted by Crippen LogP contribution is -2.11. The molecule has 11 rings (SSSR count). The molecule has 0 aliphatic carbocycles. The lowest BCUT2D eigenvalue weighted by Gasteiger charge is -2.29. The standard InChI is InChI=1S/C54H35NS/c1-3-15-36(16-4-1)40-31-41(37-17-5-2-6-18-37)33-43(32-40)55(42-28-30-53-51(35-42)49-29-27-38-19-7-10-22-45(38)54(49)56-53)52-26-14-13-25-48(52)50-34-39-20-8-9-21-44(39)46-23-11-12-24-47(46)50/h1-35H. The topological polar surface area (TPSA) is 3.24 Å². The van der Waals surface area contributed by atoms with Crippen molar-refractivity contribution in [3.05, 3.63) is 212 Å². The molecule has 2 heteroatoms. The summed E-state index contributed by atoms with van der Waals surface area (Å²) in [7, 11) is 0. The molecule has 0 aliphatic rings. The van der Waals surface area contributed by atoms with Crippen LogP contribution in [0.15, 0.2) is 212 Å². The number of hydrogen-bond acceptors (Lipinski definition) is 2. The van der Waals surface area contributed by atoms with Crippen LogP contribution in [0.3, 0.4) is 0 Å². The van der Waals surface area contributed by atoms with Crippen LogP contribution in [0.25, 0.3) is 85.9 Å². The highest BCUT2D eigenvalue weighted by Gasteiger charge is 2.22. The molecule has 11 aromatic rings. The van der Waals surface area contributed by atoms with Crippen molar-refractivity contribution in [2.45, 2.75) is 0 Å². The summed E-state index contributed by atoms with van der Waals surface area (Å²) in [6, 6.07) is 77.9. The highest BCUT2D eigenvalue weighted by Crippen LogP contribution is 2.48. The van der Waals surface area contributed by atoms with E-state index in [1.54, 1.807) is 0 Å². The molecule has 0 unspecified atom stereocenters. The van der Waals surface area contributed by atoms with Crippen molar-refractivity contribution in [2.24, 2.45) is 0 Å². The minimum atomic E-state index is 1.10. The zero-order valence-electron chi connectivity index (χ0n) is 30.6. The van der Waals surface area contributed by atoms with Crippen LogP contribution in [0.5, 0.6) is 0 Å². The number of thiophene rings is 1. The highest BCUT2D eigenvalue weighted by molar-refractivity contribution is 7.26. The third kappa shape index (κ3) is 5.46. The van der Waals surface area contributed by atoms with Crippen molar-refractivity contribution >= 4 is 80.9 Å². The monoisotopic (exact) mass is 729 g/mol. The fourth-order valence-electron chi connectivity index (χ4n) is 8.57. The molecule has 56 heavy (non-hydrogen) atoms. The average Bonchev–Trinajstić information content (AvgIpc) is 3.66. The molecule has 0 amide bonds. The third-order valence-electron chi connectivity index (χ3n) is 11.2. The Bertz CT molecular complexity index is 3190. The molecule has 1 nitrogen and oxygen atoms in total. The highest BCUT2D eigenvalue weighted by atomic mass is 32.1. The van der Waals surface area contributed by atoms with E-state index in [4.69, 9.17) is 0 Å². The maximum atomic E-state index is 2.49. The first-order valence-electron chi connectivity index (χ1n) is 19.2. The summed E-state index contributed by atoms with van der Waals surface area (Å²) >= 11 is 1.89. The van der Waals surface area contributed by atoms with Gasteiger partial charge in [0, 0.05) is 37.1 Å². The molecule has 0 saturated carbocycles. The summed E-state index contributed by atoms with van der Waals surface area (Å²) in [6.07, 6.45) is 0. The van der Waals surface area contributed by atoms with Crippen molar-refractivity contribution < 1.29 is 0 Å². The second-order valence-corrected chi connectivity index (χ2v) is 15.5. The number of para-hydroxylation sites is 1. The van der Waals surface area contributed by atoms with Gasteiger partial charge in [0.15, 0.2) is 0 Å². The Labute approximate surface area is 330 Å². The van der Waals surface area contributed by atoms with Gasteiger partial charge in [-0.05, 0) is 109 Å². The third-order valence-corrected chi connectivity index (χ3v) is 12.4. The molecule has 262 valence electrons. The molecular weight excluding hydrogens is 695 g/mol. The Hall–Kier alpha value is -7.00. The van der Waals surface area contributed by atoms with Crippen molar-refractivity contribution in [3.63, 3.8) is 0 Å². The van der Waals surface area contributed by atoms with Crippen molar-refractivity contribution in [3.8, 4) is 33.4 Å². The molecule has 0 radical (unpaired) electrons. The predicted molar refractivity (Wildman–Crippen MR) is 243 cm³/mol. The fraction of sp³-hybridized carbons (Fsp3) is 0. The van der Waals surface area contributed by atoms with E-state index in [1.165, 1.54) is 85.9 Å². The molecule has 0 bridgehead atoms. The number of nitrogens with zero attached hydrogens (tertiary/aromatic N) is 1. The molecule has 0 saturated heterocycles. The van der Waals surface area contributed by atoms with E-state index < -0.39 is 0 Å². The summed E-state index contributed by atoms with van der Waals surface area (Å²) in [6.45, 7) is 0. The number of benzene rings is 10. The van der Waals surface area contributed by atoms with Crippen LogP contribution < -0.4 is 4.90 Å². The second kappa shape index (κ2) is 13.4. The number of anilines is 3. The van der Waals surface area contributed by atoms with Crippen LogP contribution >= 0.6 is 11.3 Å². The van der Waals surface area contributed by atoms with Gasteiger partial charge in [-0.15, -0.1) is 11.3 Å². The molecule has 0 aliphatic heterocycles. The van der Waals surface area contributed by atoms with Gasteiger partial charge in [-0.1, -0.05) is 164 Å². The van der Waals surface area contributed by atoms with Crippen LogP contribution in [0, 0.1) is 0 Å². The molecule has 0 spiro atoms. The molecule has 1 heterocycles. The molecule has 10 aromatic carbocycles.